The number of hydrogen-bond acceptors (Lipinski definition) is 5. The lowest BCUT2D eigenvalue weighted by atomic mass is 10.0. The molecule has 25 heavy (non-hydrogen) atoms. The number of pyridine rings is 2. The van der Waals surface area contributed by atoms with Crippen LogP contribution in [-0.2, 0) is 0 Å². The maximum absolute atomic E-state index is 5.94. The molecule has 0 spiro atoms. The summed E-state index contributed by atoms with van der Waals surface area (Å²) < 4.78 is 5.94. The molecule has 5 heteroatoms. The highest BCUT2D eigenvalue weighted by molar-refractivity contribution is 5.82. The highest BCUT2D eigenvalue weighted by Gasteiger charge is 2.09. The van der Waals surface area contributed by atoms with Gasteiger partial charge in [-0.3, -0.25) is 4.98 Å². The first-order valence-corrected chi connectivity index (χ1v) is 7.99. The van der Waals surface area contributed by atoms with Crippen LogP contribution in [-0.4, -0.2) is 20.2 Å². The summed E-state index contributed by atoms with van der Waals surface area (Å²) in [4.78, 5) is 8.67. The Morgan fingerprint density at radius 2 is 1.72 bits per heavy atom. The normalized spacial score (nSPS) is 10.8. The Balaban J connectivity index is 1.67. The number of rotatable bonds is 3. The lowest BCUT2D eigenvalue weighted by Gasteiger charge is -2.10. The van der Waals surface area contributed by atoms with Gasteiger partial charge in [0.25, 0.3) is 0 Å². The van der Waals surface area contributed by atoms with E-state index >= 15 is 0 Å². The van der Waals surface area contributed by atoms with Gasteiger partial charge in [-0.2, -0.15) is 10.2 Å². The van der Waals surface area contributed by atoms with Gasteiger partial charge in [0.05, 0.1) is 11.9 Å². The van der Waals surface area contributed by atoms with Crippen LogP contribution in [0.3, 0.4) is 0 Å². The smallest absolute Gasteiger partial charge is 0.246 e. The zero-order valence-corrected chi connectivity index (χ0v) is 14.0. The number of aromatic nitrogens is 4. The van der Waals surface area contributed by atoms with Crippen molar-refractivity contribution < 1.29 is 4.74 Å². The van der Waals surface area contributed by atoms with Crippen LogP contribution in [0.5, 0.6) is 11.6 Å². The van der Waals surface area contributed by atoms with Crippen LogP contribution in [0.1, 0.15) is 11.3 Å². The molecule has 0 amide bonds. The Labute approximate surface area is 145 Å². The van der Waals surface area contributed by atoms with Gasteiger partial charge in [0, 0.05) is 23.3 Å². The average molecular weight is 328 g/mol. The highest BCUT2D eigenvalue weighted by Crippen LogP contribution is 2.30. The Bertz CT molecular complexity index is 1020. The maximum atomic E-state index is 5.94. The lowest BCUT2D eigenvalue weighted by Crippen LogP contribution is -1.95. The second kappa shape index (κ2) is 6.28. The van der Waals surface area contributed by atoms with Crippen molar-refractivity contribution >= 4 is 10.9 Å². The van der Waals surface area contributed by atoms with Crippen molar-refractivity contribution in [3.63, 3.8) is 0 Å². The molecule has 122 valence electrons. The number of fused-ring (bicyclic) bond motifs is 1. The van der Waals surface area contributed by atoms with E-state index in [1.807, 2.05) is 56.3 Å². The molecule has 4 aromatic rings. The molecule has 0 saturated carbocycles. The quantitative estimate of drug-likeness (QED) is 0.554. The van der Waals surface area contributed by atoms with Gasteiger partial charge in [-0.1, -0.05) is 18.2 Å². The van der Waals surface area contributed by atoms with Crippen LogP contribution >= 0.6 is 0 Å². The van der Waals surface area contributed by atoms with E-state index in [0.717, 1.165) is 33.3 Å². The molecule has 0 unspecified atom stereocenters. The molecule has 1 aromatic carbocycles. The Kier molecular flexibility index (Phi) is 3.82. The molecule has 0 saturated heterocycles. The van der Waals surface area contributed by atoms with E-state index in [1.54, 1.807) is 18.6 Å². The number of benzene rings is 1. The summed E-state index contributed by atoms with van der Waals surface area (Å²) >= 11 is 0. The number of nitrogens with zero attached hydrogens (tertiary/aromatic N) is 4. The third-order valence-electron chi connectivity index (χ3n) is 4.06. The molecular formula is C20H16N4O. The molecular weight excluding hydrogens is 312 g/mol. The second-order valence-electron chi connectivity index (χ2n) is 5.81. The predicted octanol–water partition coefficient (Wildman–Crippen LogP) is 4.50. The van der Waals surface area contributed by atoms with Crippen LogP contribution in [0, 0.1) is 13.8 Å². The molecule has 5 nitrogen and oxygen atoms in total. The number of hydrogen-bond donors (Lipinski definition) is 0. The Hall–Kier alpha value is -3.34. The molecule has 3 aromatic heterocycles. The summed E-state index contributed by atoms with van der Waals surface area (Å²) in [6.07, 6.45) is 5.24. The fourth-order valence-corrected chi connectivity index (χ4v) is 2.89. The number of aryl methyl sites for hydroxylation is 2. The van der Waals surface area contributed by atoms with E-state index in [-0.39, 0.29) is 0 Å². The predicted molar refractivity (Wildman–Crippen MR) is 96.6 cm³/mol. The molecule has 3 heterocycles. The van der Waals surface area contributed by atoms with Gasteiger partial charge in [-0.25, -0.2) is 4.98 Å². The summed E-state index contributed by atoms with van der Waals surface area (Å²) in [6.45, 7) is 4.00. The second-order valence-corrected chi connectivity index (χ2v) is 5.81. The van der Waals surface area contributed by atoms with Gasteiger partial charge in [-0.05, 0) is 49.2 Å². The van der Waals surface area contributed by atoms with Gasteiger partial charge < -0.3 is 4.74 Å². The molecule has 0 atom stereocenters. The van der Waals surface area contributed by atoms with Crippen molar-refractivity contribution in [2.45, 2.75) is 13.8 Å². The van der Waals surface area contributed by atoms with Crippen LogP contribution < -0.4 is 4.74 Å². The van der Waals surface area contributed by atoms with Crippen molar-refractivity contribution in [2.24, 2.45) is 0 Å². The average Bonchev–Trinajstić information content (AvgIpc) is 2.63. The van der Waals surface area contributed by atoms with Crippen molar-refractivity contribution in [3.05, 3.63) is 72.3 Å². The molecule has 0 aliphatic rings. The standard InChI is InChI=1S/C20H16N4O/c1-13-12-23-24-14(2)18(13)15-5-7-17(8-6-15)25-20-19-16(9-11-22-20)4-3-10-21-19/h3-12H,1-2H3. The van der Waals surface area contributed by atoms with Crippen LogP contribution in [0.4, 0.5) is 0 Å². The minimum atomic E-state index is 0.504. The first-order chi connectivity index (χ1) is 12.2. The van der Waals surface area contributed by atoms with Crippen molar-refractivity contribution in [3.8, 4) is 22.8 Å². The van der Waals surface area contributed by atoms with Gasteiger partial charge in [0.1, 0.15) is 11.3 Å². The molecule has 4 rings (SSSR count). The monoisotopic (exact) mass is 328 g/mol. The minimum absolute atomic E-state index is 0.504. The SMILES string of the molecule is Cc1cnnc(C)c1-c1ccc(Oc2nccc3cccnc23)cc1. The largest absolute Gasteiger partial charge is 0.437 e. The van der Waals surface area contributed by atoms with Crippen LogP contribution in [0.15, 0.2) is 61.1 Å². The van der Waals surface area contributed by atoms with Crippen molar-refractivity contribution in [1.82, 2.24) is 20.2 Å². The summed E-state index contributed by atoms with van der Waals surface area (Å²) in [5, 5.41) is 9.12. The van der Waals surface area contributed by atoms with E-state index < -0.39 is 0 Å². The van der Waals surface area contributed by atoms with Gasteiger partial charge in [0.2, 0.25) is 5.88 Å². The van der Waals surface area contributed by atoms with E-state index in [4.69, 9.17) is 4.74 Å². The fraction of sp³-hybridized carbons (Fsp3) is 0.100. The highest BCUT2D eigenvalue weighted by atomic mass is 16.5. The van der Waals surface area contributed by atoms with E-state index in [0.29, 0.717) is 11.6 Å². The van der Waals surface area contributed by atoms with Gasteiger partial charge in [0.15, 0.2) is 0 Å². The van der Waals surface area contributed by atoms with E-state index in [9.17, 15) is 0 Å². The molecule has 0 aliphatic heterocycles. The molecule has 0 N–H and O–H groups in total. The first kappa shape index (κ1) is 15.2. The van der Waals surface area contributed by atoms with Crippen molar-refractivity contribution in [2.75, 3.05) is 0 Å². The van der Waals surface area contributed by atoms with Gasteiger partial charge in [-0.15, -0.1) is 0 Å². The summed E-state index contributed by atoms with van der Waals surface area (Å²) in [5.74, 6) is 1.22. The topological polar surface area (TPSA) is 60.8 Å². The van der Waals surface area contributed by atoms with Crippen LogP contribution in [0.2, 0.25) is 0 Å². The third-order valence-corrected chi connectivity index (χ3v) is 4.06. The van der Waals surface area contributed by atoms with Gasteiger partial charge >= 0.3 is 0 Å². The van der Waals surface area contributed by atoms with E-state index in [2.05, 4.69) is 20.2 Å². The number of ether oxygens (including phenoxy) is 1. The summed E-state index contributed by atoms with van der Waals surface area (Å²) in [7, 11) is 0. The fourth-order valence-electron chi connectivity index (χ4n) is 2.89. The zero-order valence-electron chi connectivity index (χ0n) is 14.0. The van der Waals surface area contributed by atoms with E-state index in [1.165, 1.54) is 0 Å². The Morgan fingerprint density at radius 1 is 0.880 bits per heavy atom. The zero-order chi connectivity index (χ0) is 17.2. The molecule has 0 fully saturated rings. The molecule has 0 aliphatic carbocycles. The first-order valence-electron chi connectivity index (χ1n) is 7.99. The molecule has 0 radical (unpaired) electrons. The Morgan fingerprint density at radius 3 is 2.52 bits per heavy atom. The third kappa shape index (κ3) is 2.92. The minimum Gasteiger partial charge on any atom is -0.437 e. The lowest BCUT2D eigenvalue weighted by molar-refractivity contribution is 0.468. The molecule has 0 bridgehead atoms. The maximum Gasteiger partial charge on any atom is 0.246 e. The summed E-state index contributed by atoms with van der Waals surface area (Å²) in [5.41, 5.74) is 4.95. The van der Waals surface area contributed by atoms with Crippen molar-refractivity contribution in [1.29, 1.82) is 0 Å². The van der Waals surface area contributed by atoms with Crippen LogP contribution in [0.25, 0.3) is 22.0 Å². The summed E-state index contributed by atoms with van der Waals surface area (Å²) in [6, 6.07) is 13.7.